The van der Waals surface area contributed by atoms with Crippen LogP contribution in [0.15, 0.2) is 42.0 Å². The molecule has 0 aliphatic rings. The quantitative estimate of drug-likeness (QED) is 0.615. The average Bonchev–Trinajstić information content (AvgIpc) is 3.36. The minimum Gasteiger partial charge on any atom is -0.493 e. The van der Waals surface area contributed by atoms with Crippen molar-refractivity contribution in [3.05, 3.63) is 47.7 Å². The zero-order chi connectivity index (χ0) is 18.4. The fourth-order valence-corrected chi connectivity index (χ4v) is 3.24. The summed E-state index contributed by atoms with van der Waals surface area (Å²) in [6, 6.07) is 7.45. The molecule has 2 aromatic heterocycles. The SMILES string of the molecule is COc1ccc(-c2nc(C(=O)NCCCn3cccn3)cs2)cc1OC. The molecule has 1 N–H and O–H groups in total. The predicted octanol–water partition coefficient (Wildman–Crippen LogP) is 2.84. The number of carbonyl (C=O) groups is 1. The van der Waals surface area contributed by atoms with Crippen LogP contribution in [0.4, 0.5) is 0 Å². The molecule has 0 radical (unpaired) electrons. The lowest BCUT2D eigenvalue weighted by molar-refractivity contribution is 0.0948. The number of benzene rings is 1. The summed E-state index contributed by atoms with van der Waals surface area (Å²) in [5.41, 5.74) is 1.30. The maximum atomic E-state index is 12.2. The van der Waals surface area contributed by atoms with E-state index in [0.29, 0.717) is 23.7 Å². The maximum Gasteiger partial charge on any atom is 0.270 e. The number of hydrogen-bond donors (Lipinski definition) is 1. The van der Waals surface area contributed by atoms with Gasteiger partial charge in [-0.25, -0.2) is 4.98 Å². The molecule has 7 nitrogen and oxygen atoms in total. The largest absolute Gasteiger partial charge is 0.493 e. The highest BCUT2D eigenvalue weighted by molar-refractivity contribution is 7.13. The Bertz CT molecular complexity index is 861. The molecule has 0 saturated heterocycles. The molecule has 0 aliphatic carbocycles. The van der Waals surface area contributed by atoms with Crippen LogP contribution < -0.4 is 14.8 Å². The number of nitrogens with one attached hydrogen (secondary N) is 1. The lowest BCUT2D eigenvalue weighted by Crippen LogP contribution is -2.25. The van der Waals surface area contributed by atoms with Crippen molar-refractivity contribution in [2.24, 2.45) is 0 Å². The van der Waals surface area contributed by atoms with Gasteiger partial charge >= 0.3 is 0 Å². The van der Waals surface area contributed by atoms with Crippen molar-refractivity contribution in [2.75, 3.05) is 20.8 Å². The summed E-state index contributed by atoms with van der Waals surface area (Å²) in [7, 11) is 3.18. The first-order valence-corrected chi connectivity index (χ1v) is 9.03. The first-order chi connectivity index (χ1) is 12.7. The van der Waals surface area contributed by atoms with Crippen LogP contribution in [0.2, 0.25) is 0 Å². The molecular formula is C18H20N4O3S. The molecule has 26 heavy (non-hydrogen) atoms. The molecule has 3 rings (SSSR count). The van der Waals surface area contributed by atoms with Gasteiger partial charge in [-0.05, 0) is 30.7 Å². The second-order valence-electron chi connectivity index (χ2n) is 5.49. The highest BCUT2D eigenvalue weighted by atomic mass is 32.1. The van der Waals surface area contributed by atoms with Gasteiger partial charge in [0.25, 0.3) is 5.91 Å². The van der Waals surface area contributed by atoms with Crippen molar-refractivity contribution in [2.45, 2.75) is 13.0 Å². The van der Waals surface area contributed by atoms with Crippen LogP contribution in [0, 0.1) is 0 Å². The van der Waals surface area contributed by atoms with Crippen LogP contribution in [-0.4, -0.2) is 41.4 Å². The number of rotatable bonds is 8. The third kappa shape index (κ3) is 4.20. The maximum absolute atomic E-state index is 12.2. The number of nitrogens with zero attached hydrogens (tertiary/aromatic N) is 3. The Kier molecular flexibility index (Phi) is 5.85. The molecule has 0 unspecified atom stereocenters. The van der Waals surface area contributed by atoms with Crippen LogP contribution >= 0.6 is 11.3 Å². The normalized spacial score (nSPS) is 10.5. The molecule has 0 aliphatic heterocycles. The van der Waals surface area contributed by atoms with Gasteiger partial charge in [0.05, 0.1) is 14.2 Å². The van der Waals surface area contributed by atoms with Crippen molar-refractivity contribution in [1.29, 1.82) is 0 Å². The molecule has 0 spiro atoms. The summed E-state index contributed by atoms with van der Waals surface area (Å²) in [6.45, 7) is 1.34. The zero-order valence-electron chi connectivity index (χ0n) is 14.6. The van der Waals surface area contributed by atoms with Crippen molar-refractivity contribution >= 4 is 17.2 Å². The molecule has 2 heterocycles. The van der Waals surface area contributed by atoms with E-state index < -0.39 is 0 Å². The first kappa shape index (κ1) is 17.9. The Morgan fingerprint density at radius 2 is 2.12 bits per heavy atom. The Labute approximate surface area is 155 Å². The Balaban J connectivity index is 1.59. The van der Waals surface area contributed by atoms with Crippen LogP contribution in [-0.2, 0) is 6.54 Å². The number of thiazole rings is 1. The molecular weight excluding hydrogens is 352 g/mol. The highest BCUT2D eigenvalue weighted by Crippen LogP contribution is 2.33. The van der Waals surface area contributed by atoms with Gasteiger partial charge in [-0.1, -0.05) is 0 Å². The van der Waals surface area contributed by atoms with E-state index in [-0.39, 0.29) is 5.91 Å². The van der Waals surface area contributed by atoms with Crippen molar-refractivity contribution < 1.29 is 14.3 Å². The van der Waals surface area contributed by atoms with Crippen molar-refractivity contribution in [3.8, 4) is 22.1 Å². The summed E-state index contributed by atoms with van der Waals surface area (Å²) in [4.78, 5) is 16.7. The van der Waals surface area contributed by atoms with Gasteiger partial charge < -0.3 is 14.8 Å². The number of aromatic nitrogens is 3. The summed E-state index contributed by atoms with van der Waals surface area (Å²) >= 11 is 1.42. The smallest absolute Gasteiger partial charge is 0.270 e. The van der Waals surface area contributed by atoms with Crippen LogP contribution in [0.3, 0.4) is 0 Å². The predicted molar refractivity (Wildman–Crippen MR) is 99.8 cm³/mol. The van der Waals surface area contributed by atoms with Gasteiger partial charge in [-0.3, -0.25) is 9.48 Å². The number of amides is 1. The highest BCUT2D eigenvalue weighted by Gasteiger charge is 2.13. The average molecular weight is 372 g/mol. The van der Waals surface area contributed by atoms with E-state index in [1.165, 1.54) is 11.3 Å². The van der Waals surface area contributed by atoms with Crippen molar-refractivity contribution in [3.63, 3.8) is 0 Å². The molecule has 136 valence electrons. The monoisotopic (exact) mass is 372 g/mol. The van der Waals surface area contributed by atoms with Gasteiger partial charge in [0.1, 0.15) is 10.7 Å². The van der Waals surface area contributed by atoms with Gasteiger partial charge in [-0.15, -0.1) is 11.3 Å². The number of carbonyl (C=O) groups excluding carboxylic acids is 1. The molecule has 0 bridgehead atoms. The van der Waals surface area contributed by atoms with Crippen LogP contribution in [0.5, 0.6) is 11.5 Å². The molecule has 1 amide bonds. The van der Waals surface area contributed by atoms with Gasteiger partial charge in [0.15, 0.2) is 11.5 Å². The number of methoxy groups -OCH3 is 2. The fraction of sp³-hybridized carbons (Fsp3) is 0.278. The minimum absolute atomic E-state index is 0.173. The molecule has 0 saturated carbocycles. The van der Waals surface area contributed by atoms with Gasteiger partial charge in [0, 0.05) is 36.4 Å². The standard InChI is InChI=1S/C18H20N4O3S/c1-24-15-6-5-13(11-16(15)25-2)18-21-14(12-26-18)17(23)19-7-3-9-22-10-4-8-20-22/h4-6,8,10-12H,3,7,9H2,1-2H3,(H,19,23). The summed E-state index contributed by atoms with van der Waals surface area (Å²) in [6.07, 6.45) is 4.45. The third-order valence-electron chi connectivity index (χ3n) is 3.78. The van der Waals surface area contributed by atoms with E-state index in [1.54, 1.807) is 25.8 Å². The molecule has 3 aromatic rings. The number of ether oxygens (including phenoxy) is 2. The van der Waals surface area contributed by atoms with E-state index in [4.69, 9.17) is 9.47 Å². The number of aryl methyl sites for hydroxylation is 1. The molecule has 8 heteroatoms. The van der Waals surface area contributed by atoms with Gasteiger partial charge in [0.2, 0.25) is 0 Å². The second kappa shape index (κ2) is 8.48. The lowest BCUT2D eigenvalue weighted by Gasteiger charge is -2.08. The van der Waals surface area contributed by atoms with E-state index >= 15 is 0 Å². The summed E-state index contributed by atoms with van der Waals surface area (Å²) in [5, 5.41) is 9.53. The molecule has 1 aromatic carbocycles. The van der Waals surface area contributed by atoms with Crippen molar-refractivity contribution in [1.82, 2.24) is 20.1 Å². The van der Waals surface area contributed by atoms with Crippen LogP contribution in [0.1, 0.15) is 16.9 Å². The fourth-order valence-electron chi connectivity index (χ4n) is 2.45. The minimum atomic E-state index is -0.173. The lowest BCUT2D eigenvalue weighted by atomic mass is 10.2. The van der Waals surface area contributed by atoms with E-state index in [2.05, 4.69) is 15.4 Å². The van der Waals surface area contributed by atoms with E-state index in [1.807, 2.05) is 35.1 Å². The topological polar surface area (TPSA) is 78.3 Å². The summed E-state index contributed by atoms with van der Waals surface area (Å²) in [5.74, 6) is 1.11. The first-order valence-electron chi connectivity index (χ1n) is 8.15. The van der Waals surface area contributed by atoms with Gasteiger partial charge in [-0.2, -0.15) is 5.10 Å². The van der Waals surface area contributed by atoms with E-state index in [9.17, 15) is 4.79 Å². The third-order valence-corrected chi connectivity index (χ3v) is 4.67. The van der Waals surface area contributed by atoms with E-state index in [0.717, 1.165) is 23.5 Å². The molecule has 0 fully saturated rings. The van der Waals surface area contributed by atoms with Crippen LogP contribution in [0.25, 0.3) is 10.6 Å². The molecule has 0 atom stereocenters. The Hall–Kier alpha value is -2.87. The zero-order valence-corrected chi connectivity index (χ0v) is 15.5. The number of hydrogen-bond acceptors (Lipinski definition) is 6. The Morgan fingerprint density at radius 1 is 1.27 bits per heavy atom. The second-order valence-corrected chi connectivity index (χ2v) is 6.34. The Morgan fingerprint density at radius 3 is 2.85 bits per heavy atom. The summed E-state index contributed by atoms with van der Waals surface area (Å²) < 4.78 is 12.4.